The smallest absolute Gasteiger partial charge is 0.410 e. The van der Waals surface area contributed by atoms with Crippen LogP contribution in [0.15, 0.2) is 29.3 Å². The number of carbonyl (C=O) groups is 2. The quantitative estimate of drug-likeness (QED) is 0.457. The van der Waals surface area contributed by atoms with Crippen molar-refractivity contribution in [2.45, 2.75) is 58.3 Å². The van der Waals surface area contributed by atoms with Gasteiger partial charge in [-0.1, -0.05) is 24.3 Å². The molecule has 1 aromatic carbocycles. The molecule has 0 aliphatic carbocycles. The predicted molar refractivity (Wildman–Crippen MR) is 134 cm³/mol. The highest BCUT2D eigenvalue weighted by molar-refractivity contribution is 14.0. The zero-order chi connectivity index (χ0) is 22.0. The van der Waals surface area contributed by atoms with Gasteiger partial charge >= 0.3 is 6.09 Å². The van der Waals surface area contributed by atoms with Crippen molar-refractivity contribution >= 4 is 41.9 Å². The highest BCUT2D eigenvalue weighted by Gasteiger charge is 2.36. The summed E-state index contributed by atoms with van der Waals surface area (Å²) in [7, 11) is 0. The van der Waals surface area contributed by atoms with Crippen LogP contribution in [-0.2, 0) is 22.6 Å². The van der Waals surface area contributed by atoms with E-state index in [9.17, 15) is 9.59 Å². The number of amides is 2. The van der Waals surface area contributed by atoms with Crippen molar-refractivity contribution in [3.05, 3.63) is 35.4 Å². The lowest BCUT2D eigenvalue weighted by Crippen LogP contribution is -2.57. The number of fused-ring (bicyclic) bond motifs is 2. The van der Waals surface area contributed by atoms with Crippen LogP contribution >= 0.6 is 24.0 Å². The van der Waals surface area contributed by atoms with E-state index >= 15 is 0 Å². The zero-order valence-corrected chi connectivity index (χ0v) is 21.5. The van der Waals surface area contributed by atoms with E-state index in [0.717, 1.165) is 32.0 Å². The summed E-state index contributed by atoms with van der Waals surface area (Å²) in [5.74, 6) is 1.09. The van der Waals surface area contributed by atoms with Crippen molar-refractivity contribution in [2.75, 3.05) is 32.7 Å². The van der Waals surface area contributed by atoms with Gasteiger partial charge in [0.15, 0.2) is 5.96 Å². The average Bonchev–Trinajstić information content (AvgIpc) is 3.33. The van der Waals surface area contributed by atoms with E-state index in [4.69, 9.17) is 4.74 Å². The van der Waals surface area contributed by atoms with E-state index in [1.165, 1.54) is 11.1 Å². The van der Waals surface area contributed by atoms with Gasteiger partial charge in [-0.3, -0.25) is 9.79 Å². The number of hydrogen-bond acceptors (Lipinski definition) is 6. The molecule has 1 aromatic rings. The molecule has 0 aromatic heterocycles. The Labute approximate surface area is 207 Å². The van der Waals surface area contributed by atoms with Crippen molar-refractivity contribution < 1.29 is 14.3 Å². The fourth-order valence-corrected chi connectivity index (χ4v) is 4.33. The molecular formula is C23H34IN5O3. The normalized spacial score (nSPS) is 19.7. The maximum Gasteiger partial charge on any atom is 0.410 e. The van der Waals surface area contributed by atoms with E-state index < -0.39 is 5.60 Å². The number of rotatable bonds is 4. The standard InChI is InChI=1S/C23H33N5O3.HI/c1-23(2,3)31-22(30)26-11-12-28-19(16-26)13-25-21(28)24-10-6-9-20(29)27-14-17-7-4-5-8-18(17)15-27;/h4-5,7-8,19H,6,9-16H2,1-3H3,(H,24,25);1H. The largest absolute Gasteiger partial charge is 0.444 e. The van der Waals surface area contributed by atoms with E-state index in [1.807, 2.05) is 37.8 Å². The first kappa shape index (κ1) is 24.6. The second kappa shape index (κ2) is 10.3. The third-order valence-electron chi connectivity index (χ3n) is 5.90. The number of halogens is 1. The van der Waals surface area contributed by atoms with Gasteiger partial charge in [0.2, 0.25) is 5.91 Å². The molecule has 1 N–H and O–H groups in total. The van der Waals surface area contributed by atoms with Crippen LogP contribution < -0.4 is 5.32 Å². The van der Waals surface area contributed by atoms with Gasteiger partial charge in [-0.2, -0.15) is 0 Å². The molecule has 1 unspecified atom stereocenters. The molecule has 2 amide bonds. The first-order chi connectivity index (χ1) is 14.8. The first-order valence-corrected chi connectivity index (χ1v) is 11.2. The van der Waals surface area contributed by atoms with Crippen molar-refractivity contribution in [3.8, 4) is 0 Å². The minimum atomic E-state index is -0.484. The van der Waals surface area contributed by atoms with Crippen LogP contribution in [0.3, 0.4) is 0 Å². The van der Waals surface area contributed by atoms with E-state index in [-0.39, 0.29) is 42.0 Å². The number of benzene rings is 1. The summed E-state index contributed by atoms with van der Waals surface area (Å²) in [5.41, 5.74) is 2.03. The van der Waals surface area contributed by atoms with Crippen LogP contribution in [0.2, 0.25) is 0 Å². The molecule has 3 aliphatic heterocycles. The molecule has 3 aliphatic rings. The van der Waals surface area contributed by atoms with Gasteiger partial charge in [0, 0.05) is 45.7 Å². The highest BCUT2D eigenvalue weighted by Crippen LogP contribution is 2.23. The Hall–Kier alpha value is -2.04. The Morgan fingerprint density at radius 3 is 2.47 bits per heavy atom. The number of carbonyl (C=O) groups excluding carboxylic acids is 2. The predicted octanol–water partition coefficient (Wildman–Crippen LogP) is 2.81. The molecule has 3 heterocycles. The molecule has 1 saturated heterocycles. The van der Waals surface area contributed by atoms with Crippen LogP contribution in [0.1, 0.15) is 44.7 Å². The van der Waals surface area contributed by atoms with Crippen molar-refractivity contribution in [1.82, 2.24) is 20.0 Å². The molecule has 0 radical (unpaired) electrons. The summed E-state index contributed by atoms with van der Waals surface area (Å²) >= 11 is 0. The SMILES string of the molecule is CC(C)(C)OC(=O)N1CCN2C(NCCCC(=O)N3Cc4ccccc4C3)=NCC2C1.I. The molecule has 32 heavy (non-hydrogen) atoms. The number of ether oxygens (including phenoxy) is 1. The second-order valence-electron chi connectivity index (χ2n) is 9.49. The minimum Gasteiger partial charge on any atom is -0.444 e. The van der Waals surface area contributed by atoms with E-state index in [2.05, 4.69) is 27.3 Å². The van der Waals surface area contributed by atoms with Gasteiger partial charge in [0.1, 0.15) is 5.60 Å². The van der Waals surface area contributed by atoms with Gasteiger partial charge in [0.25, 0.3) is 0 Å². The summed E-state index contributed by atoms with van der Waals surface area (Å²) in [6.07, 6.45) is 1.05. The monoisotopic (exact) mass is 555 g/mol. The molecule has 0 bridgehead atoms. The Bertz CT molecular complexity index is 844. The van der Waals surface area contributed by atoms with E-state index in [1.54, 1.807) is 4.90 Å². The lowest BCUT2D eigenvalue weighted by Gasteiger charge is -2.39. The zero-order valence-electron chi connectivity index (χ0n) is 19.2. The van der Waals surface area contributed by atoms with Crippen LogP contribution in [-0.4, -0.2) is 77.0 Å². The van der Waals surface area contributed by atoms with Gasteiger partial charge < -0.3 is 24.8 Å². The molecule has 176 valence electrons. The fourth-order valence-electron chi connectivity index (χ4n) is 4.33. The molecule has 1 atom stereocenters. The topological polar surface area (TPSA) is 77.5 Å². The number of piperazine rings is 1. The van der Waals surface area contributed by atoms with Gasteiger partial charge in [-0.25, -0.2) is 4.79 Å². The van der Waals surface area contributed by atoms with Crippen molar-refractivity contribution in [3.63, 3.8) is 0 Å². The van der Waals surface area contributed by atoms with Crippen LogP contribution in [0, 0.1) is 0 Å². The molecule has 0 saturated carbocycles. The van der Waals surface area contributed by atoms with Crippen molar-refractivity contribution in [2.24, 2.45) is 4.99 Å². The Morgan fingerprint density at radius 2 is 1.81 bits per heavy atom. The summed E-state index contributed by atoms with van der Waals surface area (Å²) < 4.78 is 5.50. The first-order valence-electron chi connectivity index (χ1n) is 11.2. The Morgan fingerprint density at radius 1 is 1.12 bits per heavy atom. The van der Waals surface area contributed by atoms with Crippen LogP contribution in [0.4, 0.5) is 4.79 Å². The Kier molecular flexibility index (Phi) is 7.89. The number of hydrogen-bond donors (Lipinski definition) is 1. The van der Waals surface area contributed by atoms with Crippen LogP contribution in [0.5, 0.6) is 0 Å². The number of guanidine groups is 1. The average molecular weight is 555 g/mol. The van der Waals surface area contributed by atoms with Gasteiger partial charge in [0.05, 0.1) is 12.6 Å². The van der Waals surface area contributed by atoms with Gasteiger partial charge in [-0.15, -0.1) is 24.0 Å². The third kappa shape index (κ3) is 5.85. The number of aliphatic imine (C=N–C) groups is 1. The molecule has 8 nitrogen and oxygen atoms in total. The number of nitrogens with one attached hydrogen (secondary N) is 1. The minimum absolute atomic E-state index is 0. The fraction of sp³-hybridized carbons (Fsp3) is 0.609. The lowest BCUT2D eigenvalue weighted by molar-refractivity contribution is -0.131. The van der Waals surface area contributed by atoms with E-state index in [0.29, 0.717) is 32.6 Å². The number of nitrogens with zero attached hydrogens (tertiary/aromatic N) is 4. The maximum absolute atomic E-state index is 12.5. The third-order valence-corrected chi connectivity index (χ3v) is 5.90. The Balaban J connectivity index is 0.00000289. The van der Waals surface area contributed by atoms with Crippen molar-refractivity contribution in [1.29, 1.82) is 0 Å². The summed E-state index contributed by atoms with van der Waals surface area (Å²) in [4.78, 5) is 35.5. The molecule has 0 spiro atoms. The summed E-state index contributed by atoms with van der Waals surface area (Å²) in [6, 6.07) is 8.44. The molecule has 1 fully saturated rings. The van der Waals surface area contributed by atoms with Crippen LogP contribution in [0.25, 0.3) is 0 Å². The summed E-state index contributed by atoms with van der Waals surface area (Å²) in [5, 5.41) is 3.40. The second-order valence-corrected chi connectivity index (χ2v) is 9.49. The highest BCUT2D eigenvalue weighted by atomic mass is 127. The molecule has 9 heteroatoms. The van der Waals surface area contributed by atoms with Gasteiger partial charge in [-0.05, 0) is 38.3 Å². The molecular weight excluding hydrogens is 521 g/mol. The lowest BCUT2D eigenvalue weighted by atomic mass is 10.1. The summed E-state index contributed by atoms with van der Waals surface area (Å²) in [6.45, 7) is 10.5. The molecule has 4 rings (SSSR count). The maximum atomic E-state index is 12.5.